The molecule has 0 aromatic heterocycles. The maximum absolute atomic E-state index is 14.5. The van der Waals surface area contributed by atoms with Crippen molar-refractivity contribution in [3.8, 4) is 0 Å². The van der Waals surface area contributed by atoms with Crippen LogP contribution in [0.3, 0.4) is 0 Å². The Hall–Kier alpha value is -0.176. The van der Waals surface area contributed by atoms with Gasteiger partial charge in [-0.15, -0.1) is 0 Å². The smallest absolute Gasteiger partial charge is 0.223 e. The molecule has 0 aromatic carbocycles. The van der Waals surface area contributed by atoms with Crippen LogP contribution in [0.5, 0.6) is 0 Å². The third-order valence-electron chi connectivity index (χ3n) is 15.8. The normalized spacial score (nSPS) is 17.7. The van der Waals surface area contributed by atoms with E-state index in [9.17, 15) is 4.79 Å². The quantitative estimate of drug-likeness (QED) is 0.0453. The first-order valence-corrected chi connectivity index (χ1v) is 33.9. The third kappa shape index (κ3) is 27.5. The lowest BCUT2D eigenvalue weighted by Gasteiger charge is -2.42. The Morgan fingerprint density at radius 2 is 0.774 bits per heavy atom. The summed E-state index contributed by atoms with van der Waals surface area (Å²) in [4.78, 5) is 16.8. The van der Waals surface area contributed by atoms with E-state index in [0.717, 1.165) is 19.3 Å². The highest BCUT2D eigenvalue weighted by atomic mass is 28.4. The van der Waals surface area contributed by atoms with Gasteiger partial charge in [0.15, 0.2) is 16.6 Å². The van der Waals surface area contributed by atoms with Crippen molar-refractivity contribution in [2.75, 3.05) is 6.61 Å². The maximum Gasteiger partial charge on any atom is 0.223 e. The fourth-order valence-corrected chi connectivity index (χ4v) is 11.6. The minimum atomic E-state index is -2.04. The number of nitrogens with zero attached hydrogens (tertiary/aromatic N) is 1. The Bertz CT molecular complexity index is 1050. The van der Waals surface area contributed by atoms with Gasteiger partial charge in [0.2, 0.25) is 5.91 Å². The molecule has 3 atom stereocenters. The van der Waals surface area contributed by atoms with Gasteiger partial charge in [-0.25, -0.2) is 0 Å². The number of carbonyl (C=O) groups excluding carboxylic acids is 1. The van der Waals surface area contributed by atoms with Crippen LogP contribution in [0, 0.1) is 0 Å². The van der Waals surface area contributed by atoms with E-state index in [2.05, 4.69) is 86.5 Å². The molecule has 0 spiro atoms. The van der Waals surface area contributed by atoms with Crippen molar-refractivity contribution in [2.45, 2.75) is 347 Å². The van der Waals surface area contributed by atoms with Gasteiger partial charge in [0.25, 0.3) is 0 Å². The summed E-state index contributed by atoms with van der Waals surface area (Å²) in [6, 6.07) is 0.293. The topological polar surface area (TPSA) is 38.8 Å². The lowest BCUT2D eigenvalue weighted by molar-refractivity contribution is -0.136. The van der Waals surface area contributed by atoms with Gasteiger partial charge in [-0.1, -0.05) is 267 Å². The summed E-state index contributed by atoms with van der Waals surface area (Å²) in [5, 5.41) is 0.267. The molecule has 0 saturated carbocycles. The van der Waals surface area contributed by atoms with Crippen LogP contribution < -0.4 is 0 Å². The van der Waals surface area contributed by atoms with E-state index in [1.807, 2.05) is 0 Å². The average molecular weight is 907 g/mol. The van der Waals surface area contributed by atoms with E-state index in [4.69, 9.17) is 8.85 Å². The molecule has 0 unspecified atom stereocenters. The Labute approximate surface area is 393 Å². The number of carbonyl (C=O) groups is 1. The molecule has 1 aliphatic heterocycles. The molecule has 1 heterocycles. The monoisotopic (exact) mass is 906 g/mol. The summed E-state index contributed by atoms with van der Waals surface area (Å²) in [6.07, 6.45) is 49.8. The Morgan fingerprint density at radius 3 is 1.10 bits per heavy atom. The van der Waals surface area contributed by atoms with Crippen molar-refractivity contribution in [1.29, 1.82) is 0 Å². The largest absolute Gasteiger partial charge is 0.415 e. The summed E-state index contributed by atoms with van der Waals surface area (Å²) >= 11 is 0. The lowest BCUT2D eigenvalue weighted by Crippen LogP contribution is -2.52. The summed E-state index contributed by atoms with van der Waals surface area (Å²) in [5.74, 6) is 0.367. The molecular formula is C56H115NO3Si2. The van der Waals surface area contributed by atoms with Gasteiger partial charge in [-0.05, 0) is 55.5 Å². The Kier molecular flexibility index (Phi) is 33.8. The van der Waals surface area contributed by atoms with E-state index in [1.54, 1.807) is 0 Å². The summed E-state index contributed by atoms with van der Waals surface area (Å²) in [5.41, 5.74) is 0. The number of hydrogen-bond donors (Lipinski definition) is 0. The molecule has 62 heavy (non-hydrogen) atoms. The predicted molar refractivity (Wildman–Crippen MR) is 282 cm³/mol. The summed E-state index contributed by atoms with van der Waals surface area (Å²) < 4.78 is 14.3. The van der Waals surface area contributed by atoms with Crippen LogP contribution in [0.1, 0.15) is 293 Å². The van der Waals surface area contributed by atoms with Crippen LogP contribution in [0.15, 0.2) is 0 Å². The van der Waals surface area contributed by atoms with E-state index in [0.29, 0.717) is 18.9 Å². The van der Waals surface area contributed by atoms with E-state index in [1.165, 1.54) is 212 Å². The number of likely N-dealkylation sites (tertiary alicyclic amines) is 1. The Morgan fingerprint density at radius 1 is 0.468 bits per heavy atom. The molecular weight excluding hydrogens is 791 g/mol. The van der Waals surface area contributed by atoms with Gasteiger partial charge < -0.3 is 13.8 Å². The molecule has 370 valence electrons. The first-order chi connectivity index (χ1) is 29.5. The van der Waals surface area contributed by atoms with Crippen molar-refractivity contribution in [1.82, 2.24) is 4.90 Å². The highest BCUT2D eigenvalue weighted by Crippen LogP contribution is 2.43. The van der Waals surface area contributed by atoms with Gasteiger partial charge in [-0.2, -0.15) is 0 Å². The van der Waals surface area contributed by atoms with Crippen molar-refractivity contribution in [3.63, 3.8) is 0 Å². The second-order valence-corrected chi connectivity index (χ2v) is 33.2. The van der Waals surface area contributed by atoms with Gasteiger partial charge in [0.05, 0.1) is 18.8 Å². The van der Waals surface area contributed by atoms with E-state index in [-0.39, 0.29) is 28.3 Å². The van der Waals surface area contributed by atoms with E-state index < -0.39 is 16.6 Å². The molecule has 1 rings (SSSR count). The predicted octanol–water partition coefficient (Wildman–Crippen LogP) is 19.5. The fraction of sp³-hybridized carbons (Fsp3) is 0.982. The second kappa shape index (κ2) is 35.0. The van der Waals surface area contributed by atoms with Crippen LogP contribution in [0.2, 0.25) is 36.3 Å². The van der Waals surface area contributed by atoms with E-state index >= 15 is 0 Å². The fourth-order valence-electron chi connectivity index (χ4n) is 9.25. The molecule has 4 nitrogen and oxygen atoms in total. The SMILES string of the molecule is CCCCCCCCCCCCCCCCCCCCCCCCCC(=O)N1[C@@H](CCCCCCCCCCCCC)C[C@H](O[Si](C)(C)C(C)(C)C)[C@@H]1CO[Si](C)(C)C(C)(C)C. The lowest BCUT2D eigenvalue weighted by atomic mass is 10.0. The minimum Gasteiger partial charge on any atom is -0.415 e. The molecule has 0 N–H and O–H groups in total. The van der Waals surface area contributed by atoms with Crippen LogP contribution in [-0.2, 0) is 13.6 Å². The highest BCUT2D eigenvalue weighted by molar-refractivity contribution is 6.74. The third-order valence-corrected chi connectivity index (χ3v) is 24.8. The van der Waals surface area contributed by atoms with Gasteiger partial charge in [-0.3, -0.25) is 4.79 Å². The van der Waals surface area contributed by atoms with Crippen LogP contribution in [0.25, 0.3) is 0 Å². The van der Waals surface area contributed by atoms with Crippen LogP contribution >= 0.6 is 0 Å². The summed E-state index contributed by atoms with van der Waals surface area (Å²) in [7, 11) is -4.03. The van der Waals surface area contributed by atoms with Gasteiger partial charge in [0.1, 0.15) is 0 Å². The first-order valence-electron chi connectivity index (χ1n) is 28.1. The molecule has 1 aliphatic rings. The zero-order chi connectivity index (χ0) is 46.2. The number of hydrogen-bond acceptors (Lipinski definition) is 3. The maximum atomic E-state index is 14.5. The molecule has 1 fully saturated rings. The molecule has 0 bridgehead atoms. The molecule has 1 saturated heterocycles. The van der Waals surface area contributed by atoms with Crippen LogP contribution in [0.4, 0.5) is 0 Å². The number of rotatable bonds is 41. The molecule has 0 aromatic rings. The highest BCUT2D eigenvalue weighted by Gasteiger charge is 2.49. The van der Waals surface area contributed by atoms with Crippen molar-refractivity contribution in [3.05, 3.63) is 0 Å². The van der Waals surface area contributed by atoms with Crippen LogP contribution in [-0.4, -0.2) is 52.2 Å². The van der Waals surface area contributed by atoms with Crippen molar-refractivity contribution < 1.29 is 13.6 Å². The first kappa shape index (κ1) is 59.8. The minimum absolute atomic E-state index is 0.0213. The standard InChI is InChI=1S/C56H115NO3Si2/c1-13-15-17-19-21-23-25-26-27-28-29-30-31-32-33-34-35-36-38-40-42-44-46-48-54(58)57-51(47-45-43-41-39-37-24-22-20-18-16-14-2)49-53(60-62(11,12)56(6,7)8)52(57)50-59-61(9,10)55(3,4)5/h51-53H,13-50H2,1-12H3/t51-,52-,53-/m0/s1. The van der Waals surface area contributed by atoms with Gasteiger partial charge >= 0.3 is 0 Å². The number of amides is 1. The molecule has 0 aliphatic carbocycles. The molecule has 6 heteroatoms. The molecule has 1 amide bonds. The van der Waals surface area contributed by atoms with Gasteiger partial charge in [0, 0.05) is 12.5 Å². The average Bonchev–Trinajstić information content (AvgIpc) is 3.54. The summed E-state index contributed by atoms with van der Waals surface area (Å²) in [6.45, 7) is 28.8. The second-order valence-electron chi connectivity index (χ2n) is 23.6. The van der Waals surface area contributed by atoms with Crippen molar-refractivity contribution >= 4 is 22.5 Å². The van der Waals surface area contributed by atoms with Crippen molar-refractivity contribution in [2.24, 2.45) is 0 Å². The Balaban J connectivity index is 2.55. The zero-order valence-corrected chi connectivity index (χ0v) is 46.8. The number of unbranched alkanes of at least 4 members (excludes halogenated alkanes) is 32. The molecule has 0 radical (unpaired) electrons. The zero-order valence-electron chi connectivity index (χ0n) is 44.8.